The number of unbranched alkanes of at least 4 members (excludes halogenated alkanes) is 3. The van der Waals surface area contributed by atoms with E-state index in [0.717, 1.165) is 36.5 Å². The van der Waals surface area contributed by atoms with Gasteiger partial charge in [0.2, 0.25) is 35.4 Å². The van der Waals surface area contributed by atoms with Crippen molar-refractivity contribution in [1.82, 2.24) is 31.1 Å². The zero-order valence-corrected chi connectivity index (χ0v) is 34.3. The number of primary amides is 1. The fourth-order valence-corrected chi connectivity index (χ4v) is 7.96. The van der Waals surface area contributed by atoms with Crippen LogP contribution in [0.15, 0.2) is 42.5 Å². The summed E-state index contributed by atoms with van der Waals surface area (Å²) in [7, 11) is 0. The predicted molar refractivity (Wildman–Crippen MR) is 220 cm³/mol. The molecule has 0 aliphatic carbocycles. The van der Waals surface area contributed by atoms with Gasteiger partial charge in [-0.25, -0.2) is 4.79 Å². The minimum absolute atomic E-state index is 0.0829. The van der Waals surface area contributed by atoms with Crippen molar-refractivity contribution in [2.45, 2.75) is 127 Å². The van der Waals surface area contributed by atoms with E-state index in [-0.39, 0.29) is 49.8 Å². The van der Waals surface area contributed by atoms with Gasteiger partial charge in [0, 0.05) is 31.7 Å². The van der Waals surface area contributed by atoms with Crippen molar-refractivity contribution in [2.24, 2.45) is 5.73 Å². The van der Waals surface area contributed by atoms with Crippen molar-refractivity contribution in [2.75, 3.05) is 25.4 Å². The molecule has 6 amide bonds. The van der Waals surface area contributed by atoms with Crippen molar-refractivity contribution in [3.8, 4) is 0 Å². The first-order valence-electron chi connectivity index (χ1n) is 20.3. The first-order chi connectivity index (χ1) is 27.8. The Morgan fingerprint density at radius 3 is 2.19 bits per heavy atom. The van der Waals surface area contributed by atoms with Gasteiger partial charge in [0.25, 0.3) is 0 Å². The van der Waals surface area contributed by atoms with Crippen LogP contribution in [-0.4, -0.2) is 129 Å². The largest absolute Gasteiger partial charge is 0.480 e. The Morgan fingerprint density at radius 1 is 0.845 bits per heavy atom. The van der Waals surface area contributed by atoms with Gasteiger partial charge in [-0.05, 0) is 68.3 Å². The van der Waals surface area contributed by atoms with E-state index >= 15 is 0 Å². The Labute approximate surface area is 344 Å². The second-order valence-corrected chi connectivity index (χ2v) is 15.5. The third-order valence-electron chi connectivity index (χ3n) is 10.9. The zero-order valence-electron chi connectivity index (χ0n) is 33.4. The summed E-state index contributed by atoms with van der Waals surface area (Å²) >= 11 is 4.39. The van der Waals surface area contributed by atoms with E-state index in [1.165, 1.54) is 11.8 Å². The fourth-order valence-electron chi connectivity index (χ4n) is 7.67. The number of aliphatic hydroxyl groups is 1. The Hall–Kier alpha value is -4.74. The summed E-state index contributed by atoms with van der Waals surface area (Å²) in [5.74, 6) is -5.02. The molecule has 2 aromatic carbocycles. The molecule has 2 aliphatic rings. The van der Waals surface area contributed by atoms with E-state index in [4.69, 9.17) is 5.73 Å². The molecule has 0 spiro atoms. The molecule has 2 saturated heterocycles. The van der Waals surface area contributed by atoms with Gasteiger partial charge in [0.05, 0.1) is 12.1 Å². The maximum atomic E-state index is 14.0. The number of carbonyl (C=O) groups excluding carboxylic acids is 6. The molecule has 7 atom stereocenters. The summed E-state index contributed by atoms with van der Waals surface area (Å²) < 4.78 is 0. The Bertz CT molecular complexity index is 1770. The highest BCUT2D eigenvalue weighted by molar-refractivity contribution is 7.80. The average Bonchev–Trinajstić information content (AvgIpc) is 3.90. The number of hydrogen-bond donors (Lipinski definition) is 8. The number of hydrogen-bond acceptors (Lipinski definition) is 10. The molecule has 0 radical (unpaired) electrons. The van der Waals surface area contributed by atoms with E-state index in [2.05, 4.69) is 40.8 Å². The minimum Gasteiger partial charge on any atom is -0.480 e. The number of likely N-dealkylation sites (tertiary alicyclic amines) is 2. The smallest absolute Gasteiger partial charge is 0.326 e. The predicted octanol–water partition coefficient (Wildman–Crippen LogP) is 1.02. The van der Waals surface area contributed by atoms with Crippen molar-refractivity contribution in [3.05, 3.63) is 48.0 Å². The maximum Gasteiger partial charge on any atom is 0.326 e. The van der Waals surface area contributed by atoms with Crippen LogP contribution in [0.1, 0.15) is 83.6 Å². The highest BCUT2D eigenvalue weighted by atomic mass is 32.1. The average molecular weight is 826 g/mol. The molecule has 2 heterocycles. The molecule has 16 nitrogen and oxygen atoms in total. The number of fused-ring (bicyclic) bond motifs is 1. The lowest BCUT2D eigenvalue weighted by Crippen LogP contribution is -2.61. The molecule has 0 bridgehead atoms. The van der Waals surface area contributed by atoms with E-state index < -0.39 is 72.0 Å². The Balaban J connectivity index is 1.43. The first kappa shape index (κ1) is 46.0. The van der Waals surface area contributed by atoms with Gasteiger partial charge in [-0.1, -0.05) is 68.7 Å². The van der Waals surface area contributed by atoms with Crippen molar-refractivity contribution in [3.63, 3.8) is 0 Å². The molecule has 2 aliphatic heterocycles. The van der Waals surface area contributed by atoms with Gasteiger partial charge >= 0.3 is 5.97 Å². The number of rotatable bonds is 22. The molecule has 318 valence electrons. The molecule has 58 heavy (non-hydrogen) atoms. The highest BCUT2D eigenvalue weighted by Gasteiger charge is 2.44. The molecule has 0 saturated carbocycles. The number of nitrogens with one attached hydrogen (secondary N) is 4. The van der Waals surface area contributed by atoms with Gasteiger partial charge in [-0.15, -0.1) is 0 Å². The van der Waals surface area contributed by atoms with Crippen LogP contribution in [0, 0.1) is 0 Å². The third kappa shape index (κ3) is 12.4. The summed E-state index contributed by atoms with van der Waals surface area (Å²) in [4.78, 5) is 95.7. The van der Waals surface area contributed by atoms with Crippen LogP contribution < -0.4 is 27.0 Å². The quantitative estimate of drug-likeness (QED) is 0.0620. The number of carboxylic acid groups (broad SMARTS) is 1. The first-order valence-corrected chi connectivity index (χ1v) is 20.9. The Morgan fingerprint density at radius 2 is 1.52 bits per heavy atom. The molecule has 0 unspecified atom stereocenters. The maximum absolute atomic E-state index is 14.0. The van der Waals surface area contributed by atoms with Crippen LogP contribution >= 0.6 is 12.6 Å². The second-order valence-electron chi connectivity index (χ2n) is 15.2. The van der Waals surface area contributed by atoms with Crippen LogP contribution in [0.4, 0.5) is 0 Å². The van der Waals surface area contributed by atoms with Gasteiger partial charge in [0.1, 0.15) is 30.2 Å². The lowest BCUT2D eigenvalue weighted by Gasteiger charge is -2.33. The molecule has 4 rings (SSSR count). The molecule has 2 aromatic rings. The fraction of sp³-hybridized carbons (Fsp3) is 0.585. The van der Waals surface area contributed by atoms with Crippen molar-refractivity contribution >= 4 is 64.8 Å². The Kier molecular flexibility index (Phi) is 17.8. The van der Waals surface area contributed by atoms with Crippen LogP contribution in [0.3, 0.4) is 0 Å². The standard InChI is InChI=1S/C41H59N7O9S/c1-3-4-5-8-20-43-31(24-58)39(54)48-22-11-17-33(48)40(55)47-21-10-16-32(47)37(52)46-35(25(2)49)38(53)44-29(18-19-34(42)50)36(51)45-30(41(56)57)23-27-14-9-13-26-12-6-7-15-28(26)27/h6-7,9,12-15,25,29-33,35,43,49,58H,3-5,8,10-11,16-24H2,1-2H3,(H2,42,50)(H,44,53)(H,45,51)(H,46,52)(H,56,57)/t25-,29+,30+,31+,32+,33+,35+/m1/s1. The van der Waals surface area contributed by atoms with Crippen molar-refractivity contribution in [1.29, 1.82) is 0 Å². The number of nitrogens with zero attached hydrogens (tertiary/aromatic N) is 2. The van der Waals surface area contributed by atoms with E-state index in [1.807, 2.05) is 30.3 Å². The molecule has 8 N–H and O–H groups in total. The van der Waals surface area contributed by atoms with Crippen LogP contribution in [0.25, 0.3) is 10.8 Å². The van der Waals surface area contributed by atoms with E-state index in [0.29, 0.717) is 37.9 Å². The lowest BCUT2D eigenvalue weighted by molar-refractivity contribution is -0.147. The van der Waals surface area contributed by atoms with Crippen LogP contribution in [0.5, 0.6) is 0 Å². The zero-order chi connectivity index (χ0) is 42.4. The number of benzene rings is 2. The van der Waals surface area contributed by atoms with Gasteiger partial charge in [-0.2, -0.15) is 12.6 Å². The lowest BCUT2D eigenvalue weighted by atomic mass is 9.98. The van der Waals surface area contributed by atoms with E-state index in [1.54, 1.807) is 17.0 Å². The number of carbonyl (C=O) groups is 7. The molecular formula is C41H59N7O9S. The summed E-state index contributed by atoms with van der Waals surface area (Å²) in [6.07, 6.45) is 3.81. The summed E-state index contributed by atoms with van der Waals surface area (Å²) in [5.41, 5.74) is 6.01. The summed E-state index contributed by atoms with van der Waals surface area (Å²) in [5, 5.41) is 33.1. The second kappa shape index (κ2) is 22.4. The number of nitrogens with two attached hydrogens (primary N) is 1. The SMILES string of the molecule is CCCCCCN[C@@H](CS)C(=O)N1CCC[C@H]1C(=O)N1CCC[C@H]1C(=O)N[C@H](C(=O)N[C@@H](CCC(N)=O)C(=O)N[C@@H](Cc1cccc2ccccc12)C(=O)O)[C@@H](C)O. The number of carboxylic acids is 1. The normalized spacial score (nSPS) is 19.2. The molecule has 2 fully saturated rings. The molecular weight excluding hydrogens is 767 g/mol. The van der Waals surface area contributed by atoms with Crippen LogP contribution in [0.2, 0.25) is 0 Å². The number of aliphatic hydroxyl groups excluding tert-OH is 1. The molecule has 17 heteroatoms. The van der Waals surface area contributed by atoms with Crippen molar-refractivity contribution < 1.29 is 43.8 Å². The monoisotopic (exact) mass is 825 g/mol. The van der Waals surface area contributed by atoms with Gasteiger partial charge in [0.15, 0.2) is 0 Å². The highest BCUT2D eigenvalue weighted by Crippen LogP contribution is 2.26. The van der Waals surface area contributed by atoms with Gasteiger partial charge < -0.3 is 47.0 Å². The minimum atomic E-state index is -1.59. The van der Waals surface area contributed by atoms with Crippen LogP contribution in [-0.2, 0) is 40.0 Å². The number of aliphatic carboxylic acids is 1. The van der Waals surface area contributed by atoms with E-state index in [9.17, 15) is 43.8 Å². The molecule has 0 aromatic heterocycles. The van der Waals surface area contributed by atoms with Gasteiger partial charge in [-0.3, -0.25) is 28.8 Å². The third-order valence-corrected chi connectivity index (χ3v) is 11.2. The topological polar surface area (TPSA) is 241 Å². The summed E-state index contributed by atoms with van der Waals surface area (Å²) in [6, 6.07) is 6.01. The number of thiol groups is 1. The number of amides is 6. The summed E-state index contributed by atoms with van der Waals surface area (Å²) in [6.45, 7) is 4.70.